The number of ether oxygens (including phenoxy) is 1. The summed E-state index contributed by atoms with van der Waals surface area (Å²) in [6.45, 7) is 4.00. The number of benzene rings is 1. The first-order chi connectivity index (χ1) is 15.1. The molecule has 168 valence electrons. The van der Waals surface area contributed by atoms with Gasteiger partial charge in [0, 0.05) is 18.8 Å². The number of rotatable bonds is 15. The van der Waals surface area contributed by atoms with E-state index < -0.39 is 5.97 Å². The van der Waals surface area contributed by atoms with E-state index in [2.05, 4.69) is 6.92 Å². The molecule has 0 bridgehead atoms. The molecule has 0 aromatic heterocycles. The Labute approximate surface area is 187 Å². The van der Waals surface area contributed by atoms with E-state index in [1.165, 1.54) is 75.1 Å². The molecule has 5 nitrogen and oxygen atoms in total. The van der Waals surface area contributed by atoms with E-state index in [0.717, 1.165) is 19.3 Å². The van der Waals surface area contributed by atoms with Crippen LogP contribution in [0.3, 0.4) is 0 Å². The fourth-order valence-electron chi connectivity index (χ4n) is 3.17. The first-order valence-electron chi connectivity index (χ1n) is 11.4. The van der Waals surface area contributed by atoms with E-state index in [1.807, 2.05) is 24.3 Å². The van der Waals surface area contributed by atoms with Gasteiger partial charge in [-0.05, 0) is 30.7 Å². The highest BCUT2D eigenvalue weighted by Crippen LogP contribution is 2.14. The fourth-order valence-corrected chi connectivity index (χ4v) is 3.17. The van der Waals surface area contributed by atoms with Gasteiger partial charge in [-0.15, -0.1) is 0 Å². The van der Waals surface area contributed by atoms with Crippen LogP contribution in [0.4, 0.5) is 5.69 Å². The Morgan fingerprint density at radius 2 is 1.55 bits per heavy atom. The third-order valence-electron chi connectivity index (χ3n) is 4.94. The Balaban J connectivity index is 2.33. The number of esters is 1. The van der Waals surface area contributed by atoms with Crippen molar-refractivity contribution in [3.63, 3.8) is 0 Å². The molecule has 0 aliphatic carbocycles. The highest BCUT2D eigenvalue weighted by Gasteiger charge is 2.10. The monoisotopic (exact) mass is 424 g/mol. The molecular weight excluding hydrogens is 388 g/mol. The van der Waals surface area contributed by atoms with Crippen LogP contribution < -0.4 is 4.90 Å². The van der Waals surface area contributed by atoms with Crippen LogP contribution in [-0.2, 0) is 14.3 Å². The number of nitriles is 1. The van der Waals surface area contributed by atoms with Gasteiger partial charge in [-0.2, -0.15) is 5.26 Å². The molecule has 1 aromatic carbocycles. The summed E-state index contributed by atoms with van der Waals surface area (Å²) in [4.78, 5) is 25.4. The summed E-state index contributed by atoms with van der Waals surface area (Å²) in [6.07, 6.45) is 16.5. The minimum atomic E-state index is -0.628. The summed E-state index contributed by atoms with van der Waals surface area (Å²) in [7, 11) is 0. The maximum Gasteiger partial charge on any atom is 0.348 e. The number of nitrogens with zero attached hydrogens (tertiary/aromatic N) is 2. The van der Waals surface area contributed by atoms with Gasteiger partial charge in [0.15, 0.2) is 0 Å². The van der Waals surface area contributed by atoms with Crippen LogP contribution in [0.5, 0.6) is 0 Å². The zero-order valence-electron chi connectivity index (χ0n) is 19.0. The molecule has 31 heavy (non-hydrogen) atoms. The maximum absolute atomic E-state index is 12.1. The minimum Gasteiger partial charge on any atom is -0.462 e. The molecule has 0 unspecified atom stereocenters. The molecule has 1 rings (SSSR count). The first kappa shape index (κ1) is 26.2. The average molecular weight is 425 g/mol. The number of carbonyl (C=O) groups excluding carboxylic acids is 2. The lowest BCUT2D eigenvalue weighted by atomic mass is 10.1. The molecule has 0 aliphatic rings. The van der Waals surface area contributed by atoms with Crippen LogP contribution in [0.25, 0.3) is 0 Å². The molecule has 0 spiro atoms. The standard InChI is InChI=1S/C26H36N2O3/c1-3-4-5-6-7-8-9-10-11-15-21-31-26(30)24(22-27)17-16-20-28(23(2)29)25-18-13-12-14-19-25/h12-14,16-20H,3-11,15,21H2,1-2H3/b20-16+,24-17-. The molecule has 0 fully saturated rings. The lowest BCUT2D eigenvalue weighted by Gasteiger charge is -2.15. The van der Waals surface area contributed by atoms with Crippen molar-refractivity contribution in [2.45, 2.75) is 78.1 Å². The van der Waals surface area contributed by atoms with Crippen molar-refractivity contribution in [3.8, 4) is 6.07 Å². The molecule has 0 N–H and O–H groups in total. The Hall–Kier alpha value is -2.87. The zero-order chi connectivity index (χ0) is 22.7. The van der Waals surface area contributed by atoms with Crippen molar-refractivity contribution < 1.29 is 14.3 Å². The van der Waals surface area contributed by atoms with Crippen LogP contribution in [0.2, 0.25) is 0 Å². The maximum atomic E-state index is 12.1. The van der Waals surface area contributed by atoms with Crippen LogP contribution in [0.1, 0.15) is 78.1 Å². The molecule has 0 saturated heterocycles. The van der Waals surface area contributed by atoms with Crippen molar-refractivity contribution in [2.75, 3.05) is 11.5 Å². The second-order valence-corrected chi connectivity index (χ2v) is 7.58. The van der Waals surface area contributed by atoms with E-state index in [-0.39, 0.29) is 11.5 Å². The van der Waals surface area contributed by atoms with Crippen molar-refractivity contribution in [3.05, 3.63) is 54.3 Å². The Morgan fingerprint density at radius 1 is 0.968 bits per heavy atom. The SMILES string of the molecule is CCCCCCCCCCCCOC(=O)/C(C#N)=C\C=C\N(C(C)=O)c1ccccc1. The summed E-state index contributed by atoms with van der Waals surface area (Å²) in [5.41, 5.74) is 0.626. The van der Waals surface area contributed by atoms with E-state index in [1.54, 1.807) is 12.1 Å². The molecule has 1 aromatic rings. The molecule has 0 heterocycles. The number of carbonyl (C=O) groups is 2. The van der Waals surface area contributed by atoms with Crippen molar-refractivity contribution in [1.82, 2.24) is 0 Å². The second kappa shape index (κ2) is 16.9. The van der Waals surface area contributed by atoms with Gasteiger partial charge in [-0.3, -0.25) is 9.69 Å². The minimum absolute atomic E-state index is 0.0834. The van der Waals surface area contributed by atoms with Gasteiger partial charge in [-0.1, -0.05) is 82.9 Å². The molecule has 5 heteroatoms. The lowest BCUT2D eigenvalue weighted by molar-refractivity contribution is -0.138. The van der Waals surface area contributed by atoms with Crippen molar-refractivity contribution in [1.29, 1.82) is 5.26 Å². The molecular formula is C26H36N2O3. The molecule has 0 radical (unpaired) electrons. The zero-order valence-corrected chi connectivity index (χ0v) is 19.0. The first-order valence-corrected chi connectivity index (χ1v) is 11.4. The third-order valence-corrected chi connectivity index (χ3v) is 4.94. The van der Waals surface area contributed by atoms with Gasteiger partial charge in [-0.25, -0.2) is 4.79 Å². The number of hydrogen-bond donors (Lipinski definition) is 0. The Morgan fingerprint density at radius 3 is 2.10 bits per heavy atom. The number of hydrogen-bond acceptors (Lipinski definition) is 4. The van der Waals surface area contributed by atoms with Crippen LogP contribution in [0.15, 0.2) is 54.3 Å². The lowest BCUT2D eigenvalue weighted by Crippen LogP contribution is -2.21. The number of unbranched alkanes of at least 4 members (excludes halogenated alkanes) is 9. The Bertz CT molecular complexity index is 748. The van der Waals surface area contributed by atoms with Gasteiger partial charge in [0.1, 0.15) is 11.6 Å². The van der Waals surface area contributed by atoms with E-state index in [9.17, 15) is 14.9 Å². The smallest absolute Gasteiger partial charge is 0.348 e. The molecule has 0 aliphatic heterocycles. The van der Waals surface area contributed by atoms with Gasteiger partial charge in [0.25, 0.3) is 0 Å². The van der Waals surface area contributed by atoms with Gasteiger partial charge < -0.3 is 4.74 Å². The quantitative estimate of drug-likeness (QED) is 0.106. The summed E-state index contributed by atoms with van der Waals surface area (Å²) in [5, 5.41) is 9.23. The largest absolute Gasteiger partial charge is 0.462 e. The number of amides is 1. The second-order valence-electron chi connectivity index (χ2n) is 7.58. The summed E-state index contributed by atoms with van der Waals surface area (Å²) in [5.74, 6) is -0.796. The number of allylic oxidation sites excluding steroid dienone is 2. The van der Waals surface area contributed by atoms with Crippen LogP contribution in [0, 0.1) is 11.3 Å². The predicted molar refractivity (Wildman–Crippen MR) is 125 cm³/mol. The predicted octanol–water partition coefficient (Wildman–Crippen LogP) is 6.47. The van der Waals surface area contributed by atoms with E-state index in [4.69, 9.17) is 4.74 Å². The average Bonchev–Trinajstić information content (AvgIpc) is 2.77. The van der Waals surface area contributed by atoms with Gasteiger partial charge in [0.2, 0.25) is 5.91 Å². The van der Waals surface area contributed by atoms with E-state index >= 15 is 0 Å². The topological polar surface area (TPSA) is 70.4 Å². The third kappa shape index (κ3) is 11.8. The van der Waals surface area contributed by atoms with Crippen LogP contribution >= 0.6 is 0 Å². The molecule has 0 saturated carbocycles. The normalized spacial score (nSPS) is 11.3. The number of para-hydroxylation sites is 1. The van der Waals surface area contributed by atoms with E-state index in [0.29, 0.717) is 12.3 Å². The van der Waals surface area contributed by atoms with Gasteiger partial charge in [0.05, 0.1) is 6.61 Å². The van der Waals surface area contributed by atoms with Crippen molar-refractivity contribution in [2.24, 2.45) is 0 Å². The Kier molecular flexibility index (Phi) is 14.2. The molecule has 0 atom stereocenters. The fraction of sp³-hybridized carbons (Fsp3) is 0.500. The molecule has 1 amide bonds. The van der Waals surface area contributed by atoms with Crippen LogP contribution in [-0.4, -0.2) is 18.5 Å². The van der Waals surface area contributed by atoms with Gasteiger partial charge >= 0.3 is 5.97 Å². The summed E-state index contributed by atoms with van der Waals surface area (Å²) < 4.78 is 5.21. The van der Waals surface area contributed by atoms with Crippen molar-refractivity contribution >= 4 is 17.6 Å². The summed E-state index contributed by atoms with van der Waals surface area (Å²) >= 11 is 0. The number of anilines is 1. The highest BCUT2D eigenvalue weighted by atomic mass is 16.5. The summed E-state index contributed by atoms with van der Waals surface area (Å²) in [6, 6.07) is 11.0. The highest BCUT2D eigenvalue weighted by molar-refractivity contribution is 5.94.